The molecule has 0 spiro atoms. The van der Waals surface area contributed by atoms with Crippen LogP contribution < -0.4 is 11.5 Å². The second-order valence-corrected chi connectivity index (χ2v) is 12.1. The van der Waals surface area contributed by atoms with Crippen LogP contribution in [0.2, 0.25) is 0 Å². The number of ether oxygens (including phenoxy) is 1. The van der Waals surface area contributed by atoms with Crippen molar-refractivity contribution >= 4 is 17.8 Å². The van der Waals surface area contributed by atoms with Gasteiger partial charge in [0.25, 0.3) is 5.91 Å². The van der Waals surface area contributed by atoms with Gasteiger partial charge in [-0.1, -0.05) is 67.1 Å². The number of nitrogens with two attached hydrogens (primary N) is 2. The van der Waals surface area contributed by atoms with Crippen molar-refractivity contribution in [1.29, 1.82) is 0 Å². The third-order valence-corrected chi connectivity index (χ3v) is 7.28. The number of aryl methyl sites for hydroxylation is 1. The summed E-state index contributed by atoms with van der Waals surface area (Å²) in [4.78, 5) is 42.5. The summed E-state index contributed by atoms with van der Waals surface area (Å²) in [5.74, 6) is -2.01. The minimum Gasteiger partial charge on any atom is -0.444 e. The van der Waals surface area contributed by atoms with Crippen molar-refractivity contribution in [2.45, 2.75) is 95.4 Å². The summed E-state index contributed by atoms with van der Waals surface area (Å²) >= 11 is 0. The number of nitrogens with zero attached hydrogens (tertiary/aromatic N) is 1. The maximum atomic E-state index is 14.4. The van der Waals surface area contributed by atoms with Gasteiger partial charge in [0.1, 0.15) is 11.2 Å². The lowest BCUT2D eigenvalue weighted by atomic mass is 9.62. The molecule has 2 atom stereocenters. The molecule has 2 aromatic rings. The van der Waals surface area contributed by atoms with Gasteiger partial charge in [0.05, 0.1) is 6.61 Å². The Balaban J connectivity index is 2.61. The monoisotopic (exact) mass is 569 g/mol. The largest absolute Gasteiger partial charge is 0.444 e. The van der Waals surface area contributed by atoms with Crippen LogP contribution in [0.4, 0.5) is 4.79 Å². The summed E-state index contributed by atoms with van der Waals surface area (Å²) < 4.78 is 5.57. The van der Waals surface area contributed by atoms with E-state index in [1.54, 1.807) is 51.1 Å². The molecule has 0 aliphatic heterocycles. The van der Waals surface area contributed by atoms with E-state index in [0.717, 1.165) is 17.7 Å². The Kier molecular flexibility index (Phi) is 11.6. The molecule has 0 bridgehead atoms. The number of benzene rings is 2. The molecule has 226 valence electrons. The number of Topliss-reactive ketones (excluding diaryl/α,β-unsaturated/α-hetero) is 1. The summed E-state index contributed by atoms with van der Waals surface area (Å²) in [7, 11) is 0. The fourth-order valence-electron chi connectivity index (χ4n) is 5.22. The molecule has 0 aliphatic rings. The number of rotatable bonds is 15. The van der Waals surface area contributed by atoms with Crippen molar-refractivity contribution in [3.8, 4) is 0 Å². The van der Waals surface area contributed by atoms with Gasteiger partial charge >= 0.3 is 6.09 Å². The zero-order valence-corrected chi connectivity index (χ0v) is 25.1. The smallest absolute Gasteiger partial charge is 0.411 e. The van der Waals surface area contributed by atoms with Crippen molar-refractivity contribution in [2.75, 3.05) is 13.2 Å². The molecule has 2 rings (SSSR count). The average Bonchev–Trinajstić information content (AvgIpc) is 2.87. The third-order valence-electron chi connectivity index (χ3n) is 7.28. The highest BCUT2D eigenvalue weighted by Crippen LogP contribution is 2.42. The molecule has 0 saturated heterocycles. The summed E-state index contributed by atoms with van der Waals surface area (Å²) in [5.41, 5.74) is 6.69. The van der Waals surface area contributed by atoms with Gasteiger partial charge < -0.3 is 26.4 Å². The van der Waals surface area contributed by atoms with Crippen LogP contribution in [0.3, 0.4) is 0 Å². The van der Waals surface area contributed by atoms with E-state index in [-0.39, 0.29) is 12.8 Å². The Hall–Kier alpha value is -3.27. The third kappa shape index (κ3) is 8.15. The number of carbonyl (C=O) groups is 3. The van der Waals surface area contributed by atoms with Crippen LogP contribution in [0.5, 0.6) is 0 Å². The summed E-state index contributed by atoms with van der Waals surface area (Å²) in [5, 5.41) is 22.6. The summed E-state index contributed by atoms with van der Waals surface area (Å²) in [6.07, 6.45) is 1.15. The number of primary amides is 1. The molecule has 0 saturated carbocycles. The first-order valence-electron chi connectivity index (χ1n) is 14.1. The van der Waals surface area contributed by atoms with E-state index < -0.39 is 53.2 Å². The zero-order chi connectivity index (χ0) is 30.9. The maximum Gasteiger partial charge on any atom is 0.411 e. The number of aliphatic hydroxyl groups excluding tert-OH is 1. The number of aliphatic hydroxyl groups is 2. The molecule has 0 aromatic heterocycles. The first-order valence-corrected chi connectivity index (χ1v) is 14.1. The Bertz CT molecular complexity index is 1140. The predicted molar refractivity (Wildman–Crippen MR) is 159 cm³/mol. The number of ketones is 1. The highest BCUT2D eigenvalue weighted by molar-refractivity contribution is 6.13. The fraction of sp³-hybridized carbons (Fsp3) is 0.531. The molecule has 41 heavy (non-hydrogen) atoms. The first-order chi connectivity index (χ1) is 19.1. The van der Waals surface area contributed by atoms with Gasteiger partial charge in [-0.2, -0.15) is 0 Å². The van der Waals surface area contributed by atoms with Crippen LogP contribution in [-0.2, 0) is 27.2 Å². The van der Waals surface area contributed by atoms with E-state index in [9.17, 15) is 24.6 Å². The molecule has 0 fully saturated rings. The topological polar surface area (TPSA) is 156 Å². The molecule has 0 heterocycles. The minimum absolute atomic E-state index is 0.157. The lowest BCUT2D eigenvalue weighted by molar-refractivity contribution is -0.177. The second-order valence-electron chi connectivity index (χ2n) is 12.1. The van der Waals surface area contributed by atoms with Gasteiger partial charge in [0.15, 0.2) is 5.78 Å². The Morgan fingerprint density at radius 3 is 1.85 bits per heavy atom. The van der Waals surface area contributed by atoms with Gasteiger partial charge in [-0.3, -0.25) is 14.5 Å². The predicted octanol–water partition coefficient (Wildman–Crippen LogP) is 3.52. The van der Waals surface area contributed by atoms with E-state index >= 15 is 0 Å². The fourth-order valence-corrected chi connectivity index (χ4v) is 5.22. The number of hydrogen-bond acceptors (Lipinski definition) is 7. The van der Waals surface area contributed by atoms with Gasteiger partial charge in [-0.15, -0.1) is 0 Å². The molecule has 2 aromatic carbocycles. The van der Waals surface area contributed by atoms with E-state index in [0.29, 0.717) is 18.4 Å². The Morgan fingerprint density at radius 2 is 1.39 bits per heavy atom. The van der Waals surface area contributed by atoms with Gasteiger partial charge in [-0.25, -0.2) is 4.79 Å². The molecular formula is C32H47N3O6. The number of hydrogen-bond donors (Lipinski definition) is 4. The maximum absolute atomic E-state index is 14.4. The van der Waals surface area contributed by atoms with E-state index in [4.69, 9.17) is 16.2 Å². The Labute approximate surface area is 243 Å². The quantitative estimate of drug-likeness (QED) is 0.189. The zero-order valence-electron chi connectivity index (χ0n) is 25.1. The highest BCUT2D eigenvalue weighted by atomic mass is 16.6. The van der Waals surface area contributed by atoms with Crippen molar-refractivity contribution in [2.24, 2.45) is 11.5 Å². The van der Waals surface area contributed by atoms with E-state index in [2.05, 4.69) is 0 Å². The first kappa shape index (κ1) is 33.9. The molecule has 0 aliphatic carbocycles. The van der Waals surface area contributed by atoms with E-state index in [1.165, 1.54) is 19.4 Å². The average molecular weight is 570 g/mol. The lowest BCUT2D eigenvalue weighted by Crippen LogP contribution is -2.83. The number of unbranched alkanes of at least 4 members (excludes halogenated alkanes) is 2. The van der Waals surface area contributed by atoms with Crippen LogP contribution in [0.1, 0.15) is 71.4 Å². The molecule has 9 heteroatoms. The van der Waals surface area contributed by atoms with Gasteiger partial charge in [-0.05, 0) is 65.0 Å². The van der Waals surface area contributed by atoms with Crippen LogP contribution in [-0.4, -0.2) is 68.3 Å². The number of β-amino-alcohol motifs (C(OH)–C–C–N with tert-alkyl or cyclic N) is 1. The molecule has 1 unspecified atom stereocenters. The van der Waals surface area contributed by atoms with Crippen LogP contribution in [0.25, 0.3) is 0 Å². The van der Waals surface area contributed by atoms with Crippen molar-refractivity contribution in [1.82, 2.24) is 4.90 Å². The molecular weight excluding hydrogens is 522 g/mol. The Morgan fingerprint density at radius 1 is 0.854 bits per heavy atom. The van der Waals surface area contributed by atoms with Crippen LogP contribution >= 0.6 is 0 Å². The number of carbonyl (C=O) groups excluding carboxylic acids is 3. The lowest BCUT2D eigenvalue weighted by Gasteiger charge is -2.55. The van der Waals surface area contributed by atoms with Crippen molar-refractivity contribution < 1.29 is 29.3 Å². The normalized spacial score (nSPS) is 14.9. The summed E-state index contributed by atoms with van der Waals surface area (Å²) in [6, 6.07) is 18.7. The van der Waals surface area contributed by atoms with Gasteiger partial charge in [0.2, 0.25) is 5.54 Å². The van der Waals surface area contributed by atoms with Crippen molar-refractivity contribution in [3.05, 3.63) is 71.8 Å². The minimum atomic E-state index is -2.65. The molecule has 2 amide bonds. The number of amides is 2. The second kappa shape index (κ2) is 14.1. The molecule has 0 radical (unpaired) electrons. The molecule has 6 N–H and O–H groups in total. The molecule has 9 nitrogen and oxygen atoms in total. The van der Waals surface area contributed by atoms with Crippen molar-refractivity contribution in [3.63, 3.8) is 0 Å². The van der Waals surface area contributed by atoms with Gasteiger partial charge in [0, 0.05) is 24.9 Å². The SMILES string of the molecule is CC(C)(C)OC(=O)N(CCO)[C@@](C(N)=O)(C(=O)CCCCCc1ccccc1)C(O)(Cc1ccccc1)C(C)(C)N. The van der Waals surface area contributed by atoms with Crippen LogP contribution in [0, 0.1) is 0 Å². The standard InChI is InChI=1S/C32H47N3O6/c1-29(2,3)41-28(39)35(21-22-36)32(27(33)38,26(37)20-14-8-11-17-24-15-9-6-10-16-24)31(40,30(4,5)34)23-25-18-12-7-13-19-25/h6-7,9-10,12-13,15-16,18-19,36,40H,8,11,14,17,20-23,34H2,1-5H3,(H2,33,38)/t31?,32-/m1/s1. The summed E-state index contributed by atoms with van der Waals surface area (Å²) in [6.45, 7) is 6.73. The van der Waals surface area contributed by atoms with E-state index in [1.807, 2.05) is 30.3 Å². The van der Waals surface area contributed by atoms with Crippen LogP contribution in [0.15, 0.2) is 60.7 Å². The highest BCUT2D eigenvalue weighted by Gasteiger charge is 2.69.